The fourth-order valence-electron chi connectivity index (χ4n) is 2.57. The quantitative estimate of drug-likeness (QED) is 0.794. The first-order valence-electron chi connectivity index (χ1n) is 7.69. The highest BCUT2D eigenvalue weighted by atomic mass is 16.5. The van der Waals surface area contributed by atoms with Crippen molar-refractivity contribution in [3.05, 3.63) is 59.6 Å². The summed E-state index contributed by atoms with van der Waals surface area (Å²) >= 11 is 0. The molecule has 2 heterocycles. The van der Waals surface area contributed by atoms with Crippen LogP contribution in [0.5, 0.6) is 0 Å². The number of likely N-dealkylation sites (tertiary alicyclic amines) is 1. The Morgan fingerprint density at radius 2 is 2.12 bits per heavy atom. The van der Waals surface area contributed by atoms with Crippen LogP contribution in [0.3, 0.4) is 0 Å². The summed E-state index contributed by atoms with van der Waals surface area (Å²) in [6.07, 6.45) is 3.13. The number of carbonyl (C=O) groups is 1. The molecule has 1 aromatic carbocycles. The molecule has 0 bridgehead atoms. The fraction of sp³-hybridized carbons (Fsp3) is 0.222. The molecule has 24 heavy (non-hydrogen) atoms. The molecule has 0 atom stereocenters. The number of hydrogen-bond donors (Lipinski definition) is 0. The van der Waals surface area contributed by atoms with Gasteiger partial charge in [0.15, 0.2) is 11.5 Å². The Bertz CT molecular complexity index is 786. The van der Waals surface area contributed by atoms with Crippen molar-refractivity contribution < 1.29 is 9.32 Å². The summed E-state index contributed by atoms with van der Waals surface area (Å²) in [6, 6.07) is 11.8. The molecule has 0 radical (unpaired) electrons. The highest BCUT2D eigenvalue weighted by molar-refractivity contribution is 5.93. The van der Waals surface area contributed by atoms with Gasteiger partial charge in [0.2, 0.25) is 0 Å². The number of carbonyl (C=O) groups excluding carboxylic acids is 1. The van der Waals surface area contributed by atoms with Crippen LogP contribution in [0.4, 0.5) is 0 Å². The predicted molar refractivity (Wildman–Crippen MR) is 93.3 cm³/mol. The second kappa shape index (κ2) is 7.04. The SMILES string of the molecule is C=N/C(=C\N=CC)c1cc(C(=O)N2CC(c3ccccc3)C2)no1. The van der Waals surface area contributed by atoms with E-state index in [0.29, 0.717) is 30.5 Å². The molecule has 0 aliphatic carbocycles. The molecule has 122 valence electrons. The Balaban J connectivity index is 1.66. The van der Waals surface area contributed by atoms with E-state index in [0.717, 1.165) is 0 Å². The molecule has 6 nitrogen and oxygen atoms in total. The van der Waals surface area contributed by atoms with Crippen LogP contribution in [-0.4, -0.2) is 42.0 Å². The highest BCUT2D eigenvalue weighted by Crippen LogP contribution is 2.28. The topological polar surface area (TPSA) is 71.1 Å². The van der Waals surface area contributed by atoms with Crippen LogP contribution in [0.15, 0.2) is 57.1 Å². The Labute approximate surface area is 140 Å². The number of rotatable bonds is 5. The average molecular weight is 322 g/mol. The summed E-state index contributed by atoms with van der Waals surface area (Å²) in [5, 5.41) is 3.85. The molecule has 0 N–H and O–H groups in total. The minimum atomic E-state index is -0.139. The van der Waals surface area contributed by atoms with Crippen molar-refractivity contribution in [2.45, 2.75) is 12.8 Å². The number of benzene rings is 1. The van der Waals surface area contributed by atoms with E-state index in [2.05, 4.69) is 34.0 Å². The molecule has 0 spiro atoms. The standard InChI is InChI=1S/C18H18N4O2/c1-3-20-10-16(19-2)17-9-15(21-24-17)18(23)22-11-14(12-22)13-7-5-4-6-8-13/h3-10,14H,2,11-12H2,1H3/b16-10-,20-3?. The first-order chi connectivity index (χ1) is 11.7. The van der Waals surface area contributed by atoms with Gasteiger partial charge in [0, 0.05) is 31.3 Å². The van der Waals surface area contributed by atoms with Gasteiger partial charge in [-0.15, -0.1) is 0 Å². The Morgan fingerprint density at radius 3 is 2.79 bits per heavy atom. The molecule has 0 unspecified atom stereocenters. The van der Waals surface area contributed by atoms with Gasteiger partial charge in [-0.05, 0) is 19.2 Å². The monoisotopic (exact) mass is 322 g/mol. The molecule has 1 aliphatic heterocycles. The van der Waals surface area contributed by atoms with Crippen LogP contribution in [0, 0.1) is 0 Å². The van der Waals surface area contributed by atoms with E-state index in [-0.39, 0.29) is 11.6 Å². The smallest absolute Gasteiger partial charge is 0.276 e. The summed E-state index contributed by atoms with van der Waals surface area (Å²) in [4.78, 5) is 22.0. The number of aromatic nitrogens is 1. The molecular formula is C18H18N4O2. The van der Waals surface area contributed by atoms with Crippen molar-refractivity contribution in [2.24, 2.45) is 9.98 Å². The van der Waals surface area contributed by atoms with Gasteiger partial charge in [0.1, 0.15) is 5.70 Å². The van der Waals surface area contributed by atoms with Crippen LogP contribution < -0.4 is 0 Å². The third-order valence-electron chi connectivity index (χ3n) is 3.94. The summed E-state index contributed by atoms with van der Waals surface area (Å²) in [5.74, 6) is 0.615. The minimum absolute atomic E-state index is 0.139. The molecule has 1 fully saturated rings. The number of amides is 1. The van der Waals surface area contributed by atoms with Gasteiger partial charge < -0.3 is 9.42 Å². The molecule has 3 rings (SSSR count). The average Bonchev–Trinajstić information content (AvgIpc) is 3.05. The van der Waals surface area contributed by atoms with Gasteiger partial charge in [-0.25, -0.2) is 0 Å². The zero-order valence-corrected chi connectivity index (χ0v) is 13.4. The molecule has 1 amide bonds. The van der Waals surface area contributed by atoms with Crippen molar-refractivity contribution in [2.75, 3.05) is 13.1 Å². The van der Waals surface area contributed by atoms with Gasteiger partial charge in [0.05, 0.1) is 6.20 Å². The maximum atomic E-state index is 12.5. The van der Waals surface area contributed by atoms with Crippen molar-refractivity contribution in [3.63, 3.8) is 0 Å². The second-order valence-corrected chi connectivity index (χ2v) is 5.47. The van der Waals surface area contributed by atoms with Crippen molar-refractivity contribution >= 4 is 24.5 Å². The molecule has 1 saturated heterocycles. The fourth-order valence-corrected chi connectivity index (χ4v) is 2.57. The first-order valence-corrected chi connectivity index (χ1v) is 7.69. The molecule has 1 aromatic heterocycles. The molecule has 6 heteroatoms. The highest BCUT2D eigenvalue weighted by Gasteiger charge is 2.33. The van der Waals surface area contributed by atoms with Crippen LogP contribution in [-0.2, 0) is 0 Å². The van der Waals surface area contributed by atoms with E-state index < -0.39 is 0 Å². The maximum absolute atomic E-state index is 12.5. The summed E-state index contributed by atoms with van der Waals surface area (Å²) in [7, 11) is 0. The van der Waals surface area contributed by atoms with E-state index in [9.17, 15) is 4.79 Å². The number of aliphatic imine (C=N–C) groups is 2. The van der Waals surface area contributed by atoms with E-state index in [1.54, 1.807) is 24.1 Å². The summed E-state index contributed by atoms with van der Waals surface area (Å²) < 4.78 is 5.19. The number of nitrogens with zero attached hydrogens (tertiary/aromatic N) is 4. The third kappa shape index (κ3) is 3.17. The lowest BCUT2D eigenvalue weighted by atomic mass is 9.91. The zero-order valence-electron chi connectivity index (χ0n) is 13.4. The lowest BCUT2D eigenvalue weighted by molar-refractivity contribution is 0.0591. The minimum Gasteiger partial charge on any atom is -0.354 e. The first kappa shape index (κ1) is 15.9. The molecule has 1 aliphatic rings. The number of hydrogen-bond acceptors (Lipinski definition) is 5. The Kier molecular flexibility index (Phi) is 4.65. The van der Waals surface area contributed by atoms with Gasteiger partial charge in [-0.1, -0.05) is 35.5 Å². The van der Waals surface area contributed by atoms with Gasteiger partial charge in [-0.3, -0.25) is 14.8 Å². The zero-order chi connectivity index (χ0) is 16.9. The predicted octanol–water partition coefficient (Wildman–Crippen LogP) is 3.00. The van der Waals surface area contributed by atoms with Crippen LogP contribution >= 0.6 is 0 Å². The normalized spacial score (nSPS) is 15.5. The van der Waals surface area contributed by atoms with E-state index in [4.69, 9.17) is 4.52 Å². The van der Waals surface area contributed by atoms with Crippen LogP contribution in [0.25, 0.3) is 5.70 Å². The maximum Gasteiger partial charge on any atom is 0.276 e. The van der Waals surface area contributed by atoms with Crippen LogP contribution in [0.1, 0.15) is 34.7 Å². The summed E-state index contributed by atoms with van der Waals surface area (Å²) in [5.41, 5.74) is 1.96. The second-order valence-electron chi connectivity index (χ2n) is 5.47. The Hall–Kier alpha value is -3.02. The van der Waals surface area contributed by atoms with Gasteiger partial charge >= 0.3 is 0 Å². The van der Waals surface area contributed by atoms with Crippen LogP contribution in [0.2, 0.25) is 0 Å². The van der Waals surface area contributed by atoms with E-state index in [1.807, 2.05) is 18.2 Å². The third-order valence-corrected chi connectivity index (χ3v) is 3.94. The Morgan fingerprint density at radius 1 is 1.38 bits per heavy atom. The van der Waals surface area contributed by atoms with Gasteiger partial charge in [0.25, 0.3) is 5.91 Å². The van der Waals surface area contributed by atoms with Crippen molar-refractivity contribution in [1.29, 1.82) is 0 Å². The van der Waals surface area contributed by atoms with Crippen molar-refractivity contribution in [1.82, 2.24) is 10.1 Å². The van der Waals surface area contributed by atoms with Gasteiger partial charge in [-0.2, -0.15) is 0 Å². The molecule has 0 saturated carbocycles. The molecular weight excluding hydrogens is 304 g/mol. The lowest BCUT2D eigenvalue weighted by Crippen LogP contribution is -2.48. The lowest BCUT2D eigenvalue weighted by Gasteiger charge is -2.39. The molecule has 2 aromatic rings. The largest absolute Gasteiger partial charge is 0.354 e. The summed E-state index contributed by atoms with van der Waals surface area (Å²) in [6.45, 7) is 6.64. The van der Waals surface area contributed by atoms with E-state index >= 15 is 0 Å². The van der Waals surface area contributed by atoms with E-state index in [1.165, 1.54) is 11.8 Å². The van der Waals surface area contributed by atoms with Crippen molar-refractivity contribution in [3.8, 4) is 0 Å².